The van der Waals surface area contributed by atoms with E-state index in [1.807, 2.05) is 30.7 Å². The van der Waals surface area contributed by atoms with Gasteiger partial charge in [0.05, 0.1) is 7.11 Å². The fraction of sp³-hybridized carbons (Fsp3) is 0.261. The normalized spacial score (nSPS) is 13.8. The average molecular weight is 370 g/mol. The molecule has 0 spiro atoms. The fourth-order valence-electron chi connectivity index (χ4n) is 3.59. The van der Waals surface area contributed by atoms with E-state index in [1.54, 1.807) is 7.11 Å². The Morgan fingerprint density at radius 1 is 0.964 bits per heavy atom. The summed E-state index contributed by atoms with van der Waals surface area (Å²) in [6, 6.07) is 10.5. The van der Waals surface area contributed by atoms with Crippen LogP contribution in [0.3, 0.4) is 0 Å². The summed E-state index contributed by atoms with van der Waals surface area (Å²) in [4.78, 5) is 16.8. The molecule has 0 bridgehead atoms. The quantitative estimate of drug-likeness (QED) is 0.546. The molecular weight excluding hydrogens is 348 g/mol. The summed E-state index contributed by atoms with van der Waals surface area (Å²) in [5.74, 6) is 1.35. The van der Waals surface area contributed by atoms with Gasteiger partial charge in [0.25, 0.3) is 0 Å². The molecule has 4 aromatic rings. The highest BCUT2D eigenvalue weighted by Crippen LogP contribution is 2.40. The van der Waals surface area contributed by atoms with Crippen molar-refractivity contribution in [2.45, 2.75) is 31.6 Å². The van der Waals surface area contributed by atoms with Crippen LogP contribution in [0.2, 0.25) is 0 Å². The minimum atomic E-state index is 0.630. The van der Waals surface area contributed by atoms with Crippen LogP contribution in [0.1, 0.15) is 46.7 Å². The number of nitrogens with one attached hydrogen (secondary N) is 1. The Kier molecular flexibility index (Phi) is 4.28. The molecular formula is C23H22N4O. The molecule has 4 aromatic heterocycles. The smallest absolute Gasteiger partial charge is 0.212 e. The monoisotopic (exact) mass is 370 g/mol. The van der Waals surface area contributed by atoms with Crippen molar-refractivity contribution < 1.29 is 4.74 Å². The number of rotatable bonds is 6. The van der Waals surface area contributed by atoms with Gasteiger partial charge in [0, 0.05) is 54.8 Å². The third kappa shape index (κ3) is 3.48. The van der Waals surface area contributed by atoms with Gasteiger partial charge in [0.1, 0.15) is 5.65 Å². The van der Waals surface area contributed by atoms with E-state index in [0.29, 0.717) is 11.8 Å². The molecule has 0 atom stereocenters. The lowest BCUT2D eigenvalue weighted by atomic mass is 10.0. The summed E-state index contributed by atoms with van der Waals surface area (Å²) in [6.45, 7) is 0. The first-order valence-corrected chi connectivity index (χ1v) is 9.67. The van der Waals surface area contributed by atoms with Crippen LogP contribution in [-0.2, 0) is 12.8 Å². The molecule has 1 saturated carbocycles. The SMILES string of the molecule is COc1ccc(Cc2ccc(Cc3c[nH]c4ncc(C5CC5)cc34)cn2)cn1. The topological polar surface area (TPSA) is 63.7 Å². The van der Waals surface area contributed by atoms with Gasteiger partial charge in [-0.05, 0) is 53.1 Å². The van der Waals surface area contributed by atoms with Crippen LogP contribution in [0.25, 0.3) is 11.0 Å². The molecule has 140 valence electrons. The van der Waals surface area contributed by atoms with E-state index >= 15 is 0 Å². The summed E-state index contributed by atoms with van der Waals surface area (Å²) >= 11 is 0. The molecule has 5 heteroatoms. The second kappa shape index (κ2) is 7.08. The molecule has 1 aliphatic rings. The van der Waals surface area contributed by atoms with E-state index in [1.165, 1.54) is 34.9 Å². The summed E-state index contributed by atoms with van der Waals surface area (Å²) in [7, 11) is 1.62. The predicted molar refractivity (Wildman–Crippen MR) is 109 cm³/mol. The Hall–Kier alpha value is -3.21. The number of ether oxygens (including phenoxy) is 1. The highest BCUT2D eigenvalue weighted by molar-refractivity contribution is 5.80. The molecule has 1 aliphatic carbocycles. The number of aromatic amines is 1. The van der Waals surface area contributed by atoms with Crippen molar-refractivity contribution in [2.24, 2.45) is 0 Å². The number of aromatic nitrogens is 4. The Labute approximate surface area is 163 Å². The fourth-order valence-corrected chi connectivity index (χ4v) is 3.59. The van der Waals surface area contributed by atoms with Gasteiger partial charge >= 0.3 is 0 Å². The van der Waals surface area contributed by atoms with E-state index in [4.69, 9.17) is 4.74 Å². The number of hydrogen-bond acceptors (Lipinski definition) is 4. The van der Waals surface area contributed by atoms with Crippen LogP contribution < -0.4 is 4.74 Å². The van der Waals surface area contributed by atoms with Gasteiger partial charge in [-0.25, -0.2) is 9.97 Å². The summed E-state index contributed by atoms with van der Waals surface area (Å²) in [6.07, 6.45) is 12.1. The van der Waals surface area contributed by atoms with Gasteiger partial charge in [-0.2, -0.15) is 0 Å². The molecule has 0 radical (unpaired) electrons. The summed E-state index contributed by atoms with van der Waals surface area (Å²) in [5, 5.41) is 1.23. The summed E-state index contributed by atoms with van der Waals surface area (Å²) < 4.78 is 5.11. The van der Waals surface area contributed by atoms with E-state index in [9.17, 15) is 0 Å². The van der Waals surface area contributed by atoms with Crippen molar-refractivity contribution in [2.75, 3.05) is 7.11 Å². The molecule has 5 nitrogen and oxygen atoms in total. The van der Waals surface area contributed by atoms with Crippen LogP contribution in [0.5, 0.6) is 5.88 Å². The van der Waals surface area contributed by atoms with Crippen molar-refractivity contribution in [1.82, 2.24) is 19.9 Å². The van der Waals surface area contributed by atoms with Crippen molar-refractivity contribution in [3.8, 4) is 5.88 Å². The highest BCUT2D eigenvalue weighted by atomic mass is 16.5. The Morgan fingerprint density at radius 2 is 1.79 bits per heavy atom. The predicted octanol–water partition coefficient (Wildman–Crippen LogP) is 4.42. The highest BCUT2D eigenvalue weighted by Gasteiger charge is 2.24. The molecule has 5 rings (SSSR count). The second-order valence-corrected chi connectivity index (χ2v) is 7.47. The van der Waals surface area contributed by atoms with E-state index in [-0.39, 0.29) is 0 Å². The standard InChI is InChI=1S/C23H22N4O/c1-28-22-7-3-16(12-25-22)9-20-6-2-15(11-24-20)8-19-14-27-23-21(19)10-18(13-26-23)17-4-5-17/h2-3,6-7,10-14,17H,4-5,8-9H2,1H3,(H,26,27). The van der Waals surface area contributed by atoms with E-state index < -0.39 is 0 Å². The van der Waals surface area contributed by atoms with Gasteiger partial charge in [-0.3, -0.25) is 4.98 Å². The second-order valence-electron chi connectivity index (χ2n) is 7.47. The molecule has 0 aromatic carbocycles. The van der Waals surface area contributed by atoms with Crippen molar-refractivity contribution >= 4 is 11.0 Å². The number of fused-ring (bicyclic) bond motifs is 1. The first-order valence-electron chi connectivity index (χ1n) is 9.67. The van der Waals surface area contributed by atoms with Crippen molar-refractivity contribution in [3.63, 3.8) is 0 Å². The zero-order valence-corrected chi connectivity index (χ0v) is 15.9. The molecule has 0 aliphatic heterocycles. The number of pyridine rings is 3. The minimum Gasteiger partial charge on any atom is -0.481 e. The van der Waals surface area contributed by atoms with E-state index in [2.05, 4.69) is 44.3 Å². The number of hydrogen-bond donors (Lipinski definition) is 1. The molecule has 1 fully saturated rings. The third-order valence-electron chi connectivity index (χ3n) is 5.36. The van der Waals surface area contributed by atoms with Crippen molar-refractivity contribution in [1.29, 1.82) is 0 Å². The molecule has 1 N–H and O–H groups in total. The maximum absolute atomic E-state index is 5.11. The first-order chi connectivity index (χ1) is 13.8. The third-order valence-corrected chi connectivity index (χ3v) is 5.36. The Morgan fingerprint density at radius 3 is 2.50 bits per heavy atom. The largest absolute Gasteiger partial charge is 0.481 e. The lowest BCUT2D eigenvalue weighted by molar-refractivity contribution is 0.397. The van der Waals surface area contributed by atoms with Crippen molar-refractivity contribution in [3.05, 3.63) is 83.1 Å². The summed E-state index contributed by atoms with van der Waals surface area (Å²) in [5.41, 5.74) is 6.97. The van der Waals surface area contributed by atoms with Gasteiger partial charge in [-0.15, -0.1) is 0 Å². The average Bonchev–Trinajstić information content (AvgIpc) is 3.52. The minimum absolute atomic E-state index is 0.630. The lowest BCUT2D eigenvalue weighted by Crippen LogP contribution is -1.96. The lowest BCUT2D eigenvalue weighted by Gasteiger charge is -2.05. The van der Waals surface area contributed by atoms with Crippen LogP contribution in [0, 0.1) is 0 Å². The van der Waals surface area contributed by atoms with Crippen LogP contribution >= 0.6 is 0 Å². The molecule has 0 saturated heterocycles. The Bertz CT molecular complexity index is 1100. The van der Waals surface area contributed by atoms with Crippen LogP contribution in [-0.4, -0.2) is 27.0 Å². The van der Waals surface area contributed by atoms with Gasteiger partial charge in [0.2, 0.25) is 5.88 Å². The first kappa shape index (κ1) is 16.9. The van der Waals surface area contributed by atoms with E-state index in [0.717, 1.165) is 29.7 Å². The van der Waals surface area contributed by atoms with Gasteiger partial charge in [-0.1, -0.05) is 12.1 Å². The molecule has 0 unspecified atom stereocenters. The number of H-pyrrole nitrogens is 1. The Balaban J connectivity index is 1.32. The molecule has 0 amide bonds. The number of methoxy groups -OCH3 is 1. The molecule has 4 heterocycles. The van der Waals surface area contributed by atoms with Crippen LogP contribution in [0.15, 0.2) is 55.1 Å². The number of nitrogens with zero attached hydrogens (tertiary/aromatic N) is 3. The maximum atomic E-state index is 5.11. The zero-order chi connectivity index (χ0) is 18.9. The van der Waals surface area contributed by atoms with Crippen LogP contribution in [0.4, 0.5) is 0 Å². The van der Waals surface area contributed by atoms with Gasteiger partial charge < -0.3 is 9.72 Å². The van der Waals surface area contributed by atoms with Gasteiger partial charge in [0.15, 0.2) is 0 Å². The molecule has 28 heavy (non-hydrogen) atoms. The zero-order valence-electron chi connectivity index (χ0n) is 15.9. The maximum Gasteiger partial charge on any atom is 0.212 e.